The van der Waals surface area contributed by atoms with Gasteiger partial charge in [0.2, 0.25) is 5.91 Å². The van der Waals surface area contributed by atoms with Crippen LogP contribution in [-0.2, 0) is 17.8 Å². The second-order valence-electron chi connectivity index (χ2n) is 6.59. The van der Waals surface area contributed by atoms with Gasteiger partial charge in [0.05, 0.1) is 10.9 Å². The van der Waals surface area contributed by atoms with Crippen molar-refractivity contribution >= 4 is 29.0 Å². The maximum absolute atomic E-state index is 12.6. The molecule has 2 aromatic carbocycles. The van der Waals surface area contributed by atoms with E-state index in [-0.39, 0.29) is 24.4 Å². The van der Waals surface area contributed by atoms with Crippen molar-refractivity contribution in [2.24, 2.45) is 0 Å². The highest BCUT2D eigenvalue weighted by molar-refractivity contribution is 7.71. The summed E-state index contributed by atoms with van der Waals surface area (Å²) in [5, 5.41) is 0.578. The van der Waals surface area contributed by atoms with Crippen molar-refractivity contribution in [1.82, 2.24) is 14.5 Å². The van der Waals surface area contributed by atoms with E-state index in [4.69, 9.17) is 12.2 Å². The van der Waals surface area contributed by atoms with Crippen LogP contribution in [0.1, 0.15) is 18.4 Å². The molecule has 0 fully saturated rings. The zero-order chi connectivity index (χ0) is 19.2. The van der Waals surface area contributed by atoms with Crippen LogP contribution in [0.5, 0.6) is 0 Å². The zero-order valence-corrected chi connectivity index (χ0v) is 16.2. The number of nitrogens with one attached hydrogen (secondary N) is 1. The van der Waals surface area contributed by atoms with Gasteiger partial charge in [-0.1, -0.05) is 42.5 Å². The molecule has 0 radical (unpaired) electrons. The topological polar surface area (TPSA) is 58.1 Å². The number of carbonyl (C=O) groups is 1. The van der Waals surface area contributed by atoms with E-state index in [0.29, 0.717) is 22.2 Å². The van der Waals surface area contributed by atoms with Crippen LogP contribution in [0, 0.1) is 4.77 Å². The smallest absolute Gasteiger partial charge is 0.262 e. The van der Waals surface area contributed by atoms with E-state index in [1.54, 1.807) is 18.0 Å². The molecule has 1 amide bonds. The van der Waals surface area contributed by atoms with Gasteiger partial charge in [-0.25, -0.2) is 0 Å². The molecule has 1 heterocycles. The van der Waals surface area contributed by atoms with Crippen molar-refractivity contribution in [3.63, 3.8) is 0 Å². The highest BCUT2D eigenvalue weighted by Crippen LogP contribution is 2.07. The van der Waals surface area contributed by atoms with Gasteiger partial charge in [0.25, 0.3) is 5.56 Å². The van der Waals surface area contributed by atoms with E-state index >= 15 is 0 Å². The molecule has 1 N–H and O–H groups in total. The molecule has 6 heteroatoms. The van der Waals surface area contributed by atoms with Crippen molar-refractivity contribution in [1.29, 1.82) is 0 Å². The van der Waals surface area contributed by atoms with Gasteiger partial charge in [0, 0.05) is 26.6 Å². The number of hydrogen-bond acceptors (Lipinski definition) is 3. The van der Waals surface area contributed by atoms with E-state index in [9.17, 15) is 9.59 Å². The van der Waals surface area contributed by atoms with Gasteiger partial charge in [0.1, 0.15) is 0 Å². The highest BCUT2D eigenvalue weighted by Gasteiger charge is 2.11. The average Bonchev–Trinajstić information content (AvgIpc) is 2.68. The number of aromatic nitrogens is 2. The second kappa shape index (κ2) is 8.77. The third-order valence-corrected chi connectivity index (χ3v) is 4.99. The number of amides is 1. The predicted molar refractivity (Wildman–Crippen MR) is 110 cm³/mol. The summed E-state index contributed by atoms with van der Waals surface area (Å²) in [7, 11) is 1.80. The summed E-state index contributed by atoms with van der Waals surface area (Å²) in [6.07, 6.45) is 2.09. The Morgan fingerprint density at radius 2 is 1.81 bits per heavy atom. The molecule has 0 saturated carbocycles. The summed E-state index contributed by atoms with van der Waals surface area (Å²) in [5.41, 5.74) is 1.83. The summed E-state index contributed by atoms with van der Waals surface area (Å²) < 4.78 is 1.81. The number of rotatable bonds is 7. The molecular formula is C21H23N3O2S. The van der Waals surface area contributed by atoms with Crippen molar-refractivity contribution in [2.45, 2.75) is 25.8 Å². The van der Waals surface area contributed by atoms with Crippen LogP contribution in [0.2, 0.25) is 0 Å². The Kier molecular flexibility index (Phi) is 6.19. The molecule has 27 heavy (non-hydrogen) atoms. The lowest BCUT2D eigenvalue weighted by Gasteiger charge is -2.17. The first-order chi connectivity index (χ1) is 13.1. The normalized spacial score (nSPS) is 10.9. The number of H-pyrrole nitrogens is 1. The molecule has 140 valence electrons. The summed E-state index contributed by atoms with van der Waals surface area (Å²) >= 11 is 5.29. The standard InChI is InChI=1S/C21H23N3O2S/c1-23(14-7-10-16-8-3-2-4-9-16)19(25)13-15-24-20(26)17-11-5-6-12-18(17)22-21(24)27/h2-6,8-9,11-12H,7,10,13-15H2,1H3,(H,22,27). The van der Waals surface area contributed by atoms with Crippen molar-refractivity contribution in [3.8, 4) is 0 Å². The number of fused-ring (bicyclic) bond motifs is 1. The first-order valence-electron chi connectivity index (χ1n) is 9.06. The third kappa shape index (κ3) is 4.71. The molecule has 3 rings (SSSR count). The predicted octanol–water partition coefficient (Wildman–Crippen LogP) is 3.54. The van der Waals surface area contributed by atoms with Crippen LogP contribution in [0.15, 0.2) is 59.4 Å². The molecule has 0 unspecified atom stereocenters. The molecule has 1 aromatic heterocycles. The minimum absolute atomic E-state index is 0.0116. The van der Waals surface area contributed by atoms with Crippen molar-refractivity contribution in [2.75, 3.05) is 13.6 Å². The van der Waals surface area contributed by atoms with Gasteiger partial charge in [-0.05, 0) is 42.8 Å². The van der Waals surface area contributed by atoms with E-state index in [1.807, 2.05) is 36.4 Å². The number of aromatic amines is 1. The Bertz CT molecular complexity index is 1040. The number of para-hydroxylation sites is 1. The van der Waals surface area contributed by atoms with E-state index in [2.05, 4.69) is 17.1 Å². The molecule has 0 atom stereocenters. The van der Waals surface area contributed by atoms with Gasteiger partial charge < -0.3 is 9.88 Å². The number of carbonyl (C=O) groups excluding carboxylic acids is 1. The molecule has 0 aliphatic rings. The van der Waals surface area contributed by atoms with Crippen LogP contribution in [0.3, 0.4) is 0 Å². The van der Waals surface area contributed by atoms with Crippen molar-refractivity contribution < 1.29 is 4.79 Å². The Labute approximate surface area is 163 Å². The summed E-state index contributed by atoms with van der Waals surface area (Å²) in [6, 6.07) is 17.5. The van der Waals surface area contributed by atoms with E-state index < -0.39 is 0 Å². The van der Waals surface area contributed by atoms with Crippen LogP contribution < -0.4 is 5.56 Å². The summed E-state index contributed by atoms with van der Waals surface area (Å²) in [6.45, 7) is 0.966. The van der Waals surface area contributed by atoms with Crippen LogP contribution in [-0.4, -0.2) is 34.0 Å². The quantitative estimate of drug-likeness (QED) is 0.637. The fourth-order valence-corrected chi connectivity index (χ4v) is 3.37. The lowest BCUT2D eigenvalue weighted by Crippen LogP contribution is -2.31. The SMILES string of the molecule is CN(CCCc1ccccc1)C(=O)CCn1c(=S)[nH]c2ccccc2c1=O. The Balaban J connectivity index is 1.58. The maximum atomic E-state index is 12.6. The van der Waals surface area contributed by atoms with Gasteiger partial charge >= 0.3 is 0 Å². The van der Waals surface area contributed by atoms with Gasteiger partial charge in [0.15, 0.2) is 4.77 Å². The molecule has 0 saturated heterocycles. The minimum Gasteiger partial charge on any atom is -0.346 e. The fraction of sp³-hybridized carbons (Fsp3) is 0.286. The molecule has 0 aliphatic carbocycles. The lowest BCUT2D eigenvalue weighted by atomic mass is 10.1. The van der Waals surface area contributed by atoms with Crippen LogP contribution in [0.25, 0.3) is 10.9 Å². The van der Waals surface area contributed by atoms with Gasteiger partial charge in [-0.15, -0.1) is 0 Å². The molecule has 0 aliphatic heterocycles. The Hall–Kier alpha value is -2.73. The maximum Gasteiger partial charge on any atom is 0.262 e. The Morgan fingerprint density at radius 1 is 1.11 bits per heavy atom. The average molecular weight is 382 g/mol. The first kappa shape index (κ1) is 19.0. The van der Waals surface area contributed by atoms with Gasteiger partial charge in [-0.3, -0.25) is 14.2 Å². The molecule has 0 spiro atoms. The van der Waals surface area contributed by atoms with E-state index in [0.717, 1.165) is 12.8 Å². The summed E-state index contributed by atoms with van der Waals surface area (Å²) in [5.74, 6) is 0.0116. The number of nitrogens with zero attached hydrogens (tertiary/aromatic N) is 2. The van der Waals surface area contributed by atoms with Crippen LogP contribution >= 0.6 is 12.2 Å². The number of hydrogen-bond donors (Lipinski definition) is 1. The van der Waals surface area contributed by atoms with Crippen LogP contribution in [0.4, 0.5) is 0 Å². The summed E-state index contributed by atoms with van der Waals surface area (Å²) in [4.78, 5) is 29.8. The first-order valence-corrected chi connectivity index (χ1v) is 9.47. The van der Waals surface area contributed by atoms with E-state index in [1.165, 1.54) is 10.1 Å². The zero-order valence-electron chi connectivity index (χ0n) is 15.4. The third-order valence-electron chi connectivity index (χ3n) is 4.67. The molecule has 0 bridgehead atoms. The molecular weight excluding hydrogens is 358 g/mol. The number of benzene rings is 2. The molecule has 3 aromatic rings. The second-order valence-corrected chi connectivity index (χ2v) is 6.97. The fourth-order valence-electron chi connectivity index (χ4n) is 3.09. The monoisotopic (exact) mass is 381 g/mol. The Morgan fingerprint density at radius 3 is 2.59 bits per heavy atom. The minimum atomic E-state index is -0.158. The largest absolute Gasteiger partial charge is 0.346 e. The molecule has 5 nitrogen and oxygen atoms in total. The number of aryl methyl sites for hydroxylation is 1. The highest BCUT2D eigenvalue weighted by atomic mass is 32.1. The van der Waals surface area contributed by atoms with Crippen molar-refractivity contribution in [3.05, 3.63) is 75.3 Å². The van der Waals surface area contributed by atoms with Gasteiger partial charge in [-0.2, -0.15) is 0 Å². The lowest BCUT2D eigenvalue weighted by molar-refractivity contribution is -0.130.